The van der Waals surface area contributed by atoms with Gasteiger partial charge in [0.15, 0.2) is 11.6 Å². The minimum absolute atomic E-state index is 0.0102. The van der Waals surface area contributed by atoms with Crippen molar-refractivity contribution in [2.24, 2.45) is 7.05 Å². The fraction of sp³-hybridized carbons (Fsp3) is 0.323. The van der Waals surface area contributed by atoms with Crippen LogP contribution in [-0.4, -0.2) is 68.6 Å². The number of benzene rings is 2. The van der Waals surface area contributed by atoms with Gasteiger partial charge in [-0.3, -0.25) is 4.90 Å². The number of nitrogens with zero attached hydrogens (tertiary/aromatic N) is 5. The molecular weight excluding hydrogens is 614 g/mol. The van der Waals surface area contributed by atoms with Crippen LogP contribution in [-0.2, 0) is 25.9 Å². The Kier molecular flexibility index (Phi) is 9.13. The lowest BCUT2D eigenvalue weighted by atomic mass is 10.0. The number of aryl methyl sites for hydroxylation is 2. The fourth-order valence-corrected chi connectivity index (χ4v) is 4.89. The van der Waals surface area contributed by atoms with Gasteiger partial charge in [-0.2, -0.15) is 26.3 Å². The number of carbonyl (C=O) groups excluding carboxylic acids is 1. The summed E-state index contributed by atoms with van der Waals surface area (Å²) in [5, 5.41) is 5.08. The van der Waals surface area contributed by atoms with E-state index in [2.05, 4.69) is 42.3 Å². The van der Waals surface area contributed by atoms with Crippen LogP contribution in [0.2, 0.25) is 0 Å². The van der Waals surface area contributed by atoms with Gasteiger partial charge in [0.05, 0.1) is 11.8 Å². The summed E-state index contributed by atoms with van der Waals surface area (Å²) in [7, 11) is 3.56. The molecule has 2 aromatic heterocycles. The summed E-state index contributed by atoms with van der Waals surface area (Å²) in [5.41, 5.74) is 0.227. The molecule has 0 saturated carbocycles. The van der Waals surface area contributed by atoms with E-state index in [-0.39, 0.29) is 35.1 Å². The summed E-state index contributed by atoms with van der Waals surface area (Å²) >= 11 is 0. The molecule has 3 heterocycles. The Bertz CT molecular complexity index is 1790. The van der Waals surface area contributed by atoms with Crippen molar-refractivity contribution in [3.8, 4) is 23.5 Å². The number of alkyl halides is 6. The molecule has 0 spiro atoms. The minimum Gasteiger partial charge on any atom is -0.332 e. The average molecular weight is 645 g/mol. The van der Waals surface area contributed by atoms with E-state index in [9.17, 15) is 31.1 Å². The highest BCUT2D eigenvalue weighted by molar-refractivity contribution is 6.00. The maximum Gasteiger partial charge on any atom is 0.432 e. The number of carbonyl (C=O) groups is 1. The Hall–Kier alpha value is -4.81. The molecule has 1 aliphatic rings. The normalized spacial score (nSPS) is 14.5. The van der Waals surface area contributed by atoms with Gasteiger partial charge in [0, 0.05) is 62.9 Å². The van der Waals surface area contributed by atoms with E-state index < -0.39 is 29.6 Å². The number of likely N-dealkylation sites (N-methyl/N-ethyl adjacent to an activating group) is 1. The zero-order valence-corrected chi connectivity index (χ0v) is 25.1. The highest BCUT2D eigenvalue weighted by atomic mass is 19.4. The van der Waals surface area contributed by atoms with Crippen molar-refractivity contribution in [2.45, 2.75) is 25.8 Å². The number of hydrogen-bond acceptors (Lipinski definition) is 5. The SMILES string of the molecule is Cc1ccc(NC(=O)Nc2ccc(CN3CCN(C)CC3)c(C(F)(F)F)c2)cc1C#Cc1cn(C)c(-c2ncc(C(F)(F)F)[nH]2)n1. The topological polar surface area (TPSA) is 94.1 Å². The second-order valence-corrected chi connectivity index (χ2v) is 11.0. The van der Waals surface area contributed by atoms with Gasteiger partial charge in [-0.25, -0.2) is 14.8 Å². The number of halogens is 6. The Morgan fingerprint density at radius 1 is 0.935 bits per heavy atom. The number of hydrogen-bond donors (Lipinski definition) is 3. The Morgan fingerprint density at radius 3 is 2.26 bits per heavy atom. The smallest absolute Gasteiger partial charge is 0.332 e. The lowest BCUT2D eigenvalue weighted by Gasteiger charge is -2.33. The van der Waals surface area contributed by atoms with Crippen molar-refractivity contribution in [1.29, 1.82) is 0 Å². The maximum atomic E-state index is 13.9. The predicted molar refractivity (Wildman–Crippen MR) is 160 cm³/mol. The van der Waals surface area contributed by atoms with Gasteiger partial charge < -0.3 is 25.1 Å². The molecule has 0 bridgehead atoms. The molecule has 1 aliphatic heterocycles. The Morgan fingerprint density at radius 2 is 1.61 bits per heavy atom. The van der Waals surface area contributed by atoms with Crippen LogP contribution in [0.1, 0.15) is 33.6 Å². The van der Waals surface area contributed by atoms with E-state index in [4.69, 9.17) is 0 Å². The van der Waals surface area contributed by atoms with Gasteiger partial charge in [-0.1, -0.05) is 18.1 Å². The molecule has 242 valence electrons. The second kappa shape index (κ2) is 12.9. The van der Waals surface area contributed by atoms with E-state index in [1.807, 2.05) is 11.9 Å². The summed E-state index contributed by atoms with van der Waals surface area (Å²) < 4.78 is 82.2. The zero-order chi connectivity index (χ0) is 33.2. The number of amides is 2. The monoisotopic (exact) mass is 644 g/mol. The predicted octanol–water partition coefficient (Wildman–Crippen LogP) is 5.95. The van der Waals surface area contributed by atoms with Crippen LogP contribution in [0.25, 0.3) is 11.6 Å². The van der Waals surface area contributed by atoms with Crippen LogP contribution < -0.4 is 10.6 Å². The van der Waals surface area contributed by atoms with Crippen molar-refractivity contribution in [3.05, 3.63) is 82.4 Å². The molecule has 2 aromatic carbocycles. The number of H-pyrrole nitrogens is 1. The van der Waals surface area contributed by atoms with Gasteiger partial charge >= 0.3 is 18.4 Å². The molecule has 0 atom stereocenters. The molecule has 5 rings (SSSR count). The molecule has 4 aromatic rings. The number of piperazine rings is 1. The van der Waals surface area contributed by atoms with E-state index in [1.165, 1.54) is 22.9 Å². The lowest BCUT2D eigenvalue weighted by molar-refractivity contribution is -0.141. The van der Waals surface area contributed by atoms with Crippen molar-refractivity contribution >= 4 is 17.4 Å². The average Bonchev–Trinajstić information content (AvgIpc) is 3.61. The summed E-state index contributed by atoms with van der Waals surface area (Å²) in [4.78, 5) is 27.1. The number of anilines is 2. The summed E-state index contributed by atoms with van der Waals surface area (Å²) in [5.74, 6) is 5.89. The standard InChI is InChI=1S/C31H30F6N8O/c1-19-4-7-22(14-20(19)5-9-24-18-44(3)28(39-24)27-38-16-26(42-27)31(35,36)37)40-29(46)41-23-8-6-21(25(15-23)30(32,33)34)17-45-12-10-43(2)11-13-45/h4,6-8,14-16,18H,10-13,17H2,1-3H3,(H,38,42)(H2,40,41,46). The van der Waals surface area contributed by atoms with Crippen LogP contribution in [0.5, 0.6) is 0 Å². The largest absolute Gasteiger partial charge is 0.432 e. The summed E-state index contributed by atoms with van der Waals surface area (Å²) in [6, 6.07) is 7.95. The van der Waals surface area contributed by atoms with E-state index >= 15 is 0 Å². The first kappa shape index (κ1) is 32.6. The molecule has 15 heteroatoms. The quantitative estimate of drug-likeness (QED) is 0.185. The summed E-state index contributed by atoms with van der Waals surface area (Å²) in [6.07, 6.45) is -6.95. The third-order valence-electron chi connectivity index (χ3n) is 7.45. The molecule has 3 N–H and O–H groups in total. The minimum atomic E-state index is -4.60. The number of rotatable bonds is 5. The Balaban J connectivity index is 1.27. The van der Waals surface area contributed by atoms with Crippen molar-refractivity contribution in [2.75, 3.05) is 43.9 Å². The summed E-state index contributed by atoms with van der Waals surface area (Å²) in [6.45, 7) is 4.83. The molecule has 1 saturated heterocycles. The third kappa shape index (κ3) is 7.88. The third-order valence-corrected chi connectivity index (χ3v) is 7.45. The zero-order valence-electron chi connectivity index (χ0n) is 25.1. The maximum absolute atomic E-state index is 13.9. The number of aromatic nitrogens is 4. The van der Waals surface area contributed by atoms with E-state index in [1.54, 1.807) is 32.2 Å². The van der Waals surface area contributed by atoms with Gasteiger partial charge in [-0.05, 0) is 55.3 Å². The molecule has 1 fully saturated rings. The molecule has 0 radical (unpaired) electrons. The van der Waals surface area contributed by atoms with Crippen molar-refractivity contribution in [1.82, 2.24) is 29.3 Å². The molecule has 9 nitrogen and oxygen atoms in total. The van der Waals surface area contributed by atoms with Gasteiger partial charge in [0.25, 0.3) is 0 Å². The first-order valence-electron chi connectivity index (χ1n) is 14.1. The second-order valence-electron chi connectivity index (χ2n) is 11.0. The van der Waals surface area contributed by atoms with Gasteiger partial charge in [0.1, 0.15) is 11.4 Å². The van der Waals surface area contributed by atoms with E-state index in [0.29, 0.717) is 30.5 Å². The van der Waals surface area contributed by atoms with Crippen molar-refractivity contribution in [3.63, 3.8) is 0 Å². The van der Waals surface area contributed by atoms with Crippen LogP contribution in [0, 0.1) is 18.8 Å². The van der Waals surface area contributed by atoms with Crippen LogP contribution in [0.4, 0.5) is 42.5 Å². The molecule has 2 amide bonds. The highest BCUT2D eigenvalue weighted by Gasteiger charge is 2.35. The molecular formula is C31H30F6N8O. The van der Waals surface area contributed by atoms with Crippen LogP contribution in [0.3, 0.4) is 0 Å². The van der Waals surface area contributed by atoms with Gasteiger partial charge in [-0.15, -0.1) is 0 Å². The first-order chi connectivity index (χ1) is 21.7. The van der Waals surface area contributed by atoms with Crippen molar-refractivity contribution < 1.29 is 31.1 Å². The lowest BCUT2D eigenvalue weighted by Crippen LogP contribution is -2.44. The number of imidazole rings is 2. The molecule has 0 aliphatic carbocycles. The molecule has 46 heavy (non-hydrogen) atoms. The Labute approximate surface area is 260 Å². The number of aromatic amines is 1. The van der Waals surface area contributed by atoms with E-state index in [0.717, 1.165) is 24.7 Å². The molecule has 0 unspecified atom stereocenters. The number of nitrogens with one attached hydrogen (secondary N) is 3. The first-order valence-corrected chi connectivity index (χ1v) is 14.1. The number of urea groups is 1. The van der Waals surface area contributed by atoms with Crippen LogP contribution >= 0.6 is 0 Å². The van der Waals surface area contributed by atoms with Crippen LogP contribution in [0.15, 0.2) is 48.8 Å². The fourth-order valence-electron chi connectivity index (χ4n) is 4.89. The van der Waals surface area contributed by atoms with Gasteiger partial charge in [0.2, 0.25) is 0 Å². The highest BCUT2D eigenvalue weighted by Crippen LogP contribution is 2.35.